The van der Waals surface area contributed by atoms with Crippen molar-refractivity contribution in [3.05, 3.63) is 110 Å². The van der Waals surface area contributed by atoms with Crippen molar-refractivity contribution >= 4 is 64.2 Å². The molecule has 5 heterocycles. The number of aromatic nitrogens is 2. The molecule has 2 aromatic heterocycles. The fourth-order valence-electron chi connectivity index (χ4n) is 10.4. The summed E-state index contributed by atoms with van der Waals surface area (Å²) in [7, 11) is 1.22. The third-order valence-corrected chi connectivity index (χ3v) is 14.7. The van der Waals surface area contributed by atoms with E-state index >= 15 is 4.39 Å². The van der Waals surface area contributed by atoms with E-state index < -0.39 is 153 Å². The van der Waals surface area contributed by atoms with Crippen LogP contribution in [0.5, 0.6) is 0 Å². The van der Waals surface area contributed by atoms with Crippen molar-refractivity contribution in [3.8, 4) is 11.4 Å². The lowest BCUT2D eigenvalue weighted by Gasteiger charge is -2.40. The van der Waals surface area contributed by atoms with Gasteiger partial charge in [-0.1, -0.05) is 37.3 Å². The summed E-state index contributed by atoms with van der Waals surface area (Å²) >= 11 is 0. The molecule has 1 unspecified atom stereocenters. The fraction of sp³-hybridized carbons (Fsp3) is 0.415. The molecule has 2 aromatic carbocycles. The van der Waals surface area contributed by atoms with Gasteiger partial charge in [0.05, 0.1) is 55.2 Å². The quantitative estimate of drug-likeness (QED) is 0.0161. The Labute approximate surface area is 462 Å². The maximum atomic E-state index is 15.5. The van der Waals surface area contributed by atoms with Gasteiger partial charge in [0.2, 0.25) is 29.5 Å². The third kappa shape index (κ3) is 12.2. The number of aliphatic hydroxyl groups is 2. The number of esters is 1. The highest BCUT2D eigenvalue weighted by Gasteiger charge is 2.50. The van der Waals surface area contributed by atoms with Crippen LogP contribution in [0.4, 0.5) is 17.6 Å². The molecule has 0 fully saturated rings. The number of aryl methyl sites for hydroxylation is 1. The summed E-state index contributed by atoms with van der Waals surface area (Å²) < 4.78 is 71.9. The molecule has 4 aliphatic rings. The molecule has 8 rings (SSSR count). The SMILES string of the molecule is CC[C@@]1(O)C(=O)OCc2c1cc1n(c2=O)Cc2c-1nc1cc(F)c(C)c3c1c2[C@@H](N(C)C(O)[C@H](OCNC(=O)CNC(=O)[C@H](Cc1ccccc1)NC(=O)CNC(=O)CNC(=O)[C@H](CNCC(=O)O)N1C(=O)C=CC1=O)C(F)(F)F)CC3. The number of carboxylic acids is 1. The normalized spacial score (nSPS) is 18.4. The Bertz CT molecular complexity index is 3360. The number of carbonyl (C=O) groups excluding carboxylic acids is 8. The Morgan fingerprint density at radius 2 is 1.56 bits per heavy atom. The summed E-state index contributed by atoms with van der Waals surface area (Å²) in [6, 6.07) is 6.80. The molecule has 0 spiro atoms. The number of rotatable bonds is 23. The van der Waals surface area contributed by atoms with E-state index in [0.29, 0.717) is 32.5 Å². The highest BCUT2D eigenvalue weighted by molar-refractivity contribution is 6.15. The monoisotopic (exact) mass is 1150 g/mol. The van der Waals surface area contributed by atoms with Gasteiger partial charge in [0.15, 0.2) is 11.7 Å². The number of amides is 7. The third-order valence-electron chi connectivity index (χ3n) is 14.7. The summed E-state index contributed by atoms with van der Waals surface area (Å²) in [6.45, 7) is -2.15. The minimum atomic E-state index is -5.26. The maximum Gasteiger partial charge on any atom is 0.418 e. The maximum absolute atomic E-state index is 15.5. The van der Waals surface area contributed by atoms with Crippen LogP contribution in [0, 0.1) is 12.7 Å². The van der Waals surface area contributed by atoms with Crippen molar-refractivity contribution in [1.82, 2.24) is 51.3 Å². The summed E-state index contributed by atoms with van der Waals surface area (Å²) in [5.74, 6) is -9.46. The molecule has 7 amide bonds. The Hall–Kier alpha value is -8.51. The molecule has 1 aliphatic carbocycles. The zero-order valence-electron chi connectivity index (χ0n) is 44.1. The first-order chi connectivity index (χ1) is 38.8. The van der Waals surface area contributed by atoms with Gasteiger partial charge in [-0.25, -0.2) is 14.2 Å². The van der Waals surface area contributed by atoms with E-state index in [1.54, 1.807) is 37.3 Å². The van der Waals surface area contributed by atoms with Crippen LogP contribution >= 0.6 is 0 Å². The van der Waals surface area contributed by atoms with Gasteiger partial charge in [-0.2, -0.15) is 13.2 Å². The van der Waals surface area contributed by atoms with E-state index in [1.165, 1.54) is 24.6 Å². The Morgan fingerprint density at radius 1 is 0.902 bits per heavy atom. The molecular weight excluding hydrogens is 1090 g/mol. The number of carbonyl (C=O) groups is 9. The molecule has 82 heavy (non-hydrogen) atoms. The molecule has 0 bridgehead atoms. The minimum absolute atomic E-state index is 0.00331. The number of aliphatic hydroxyl groups excluding tert-OH is 1. The van der Waals surface area contributed by atoms with Crippen LogP contribution in [0.3, 0.4) is 0 Å². The number of carboxylic acid groups (broad SMARTS) is 1. The van der Waals surface area contributed by atoms with Crippen LogP contribution in [-0.2, 0) is 84.2 Å². The van der Waals surface area contributed by atoms with Crippen LogP contribution in [0.25, 0.3) is 22.3 Å². The molecular formula is C53H56F4N10O15. The number of likely N-dealkylation sites (N-methyl/N-ethyl adjacent to an activating group) is 1. The number of nitrogens with zero attached hydrogens (tertiary/aromatic N) is 4. The second kappa shape index (κ2) is 24.3. The van der Waals surface area contributed by atoms with Crippen LogP contribution < -0.4 is 37.5 Å². The molecule has 0 saturated carbocycles. The van der Waals surface area contributed by atoms with Gasteiger partial charge in [-0.15, -0.1) is 0 Å². The highest BCUT2D eigenvalue weighted by atomic mass is 19.4. The lowest BCUT2D eigenvalue weighted by molar-refractivity contribution is -0.270. The van der Waals surface area contributed by atoms with E-state index in [-0.39, 0.29) is 65.8 Å². The Balaban J connectivity index is 0.898. The second-order valence-electron chi connectivity index (χ2n) is 19.8. The number of hydrogen-bond acceptors (Lipinski definition) is 17. The molecule has 29 heteroatoms. The lowest BCUT2D eigenvalue weighted by Crippen LogP contribution is -2.56. The predicted molar refractivity (Wildman–Crippen MR) is 274 cm³/mol. The number of imide groups is 1. The van der Waals surface area contributed by atoms with Gasteiger partial charge in [0, 0.05) is 53.7 Å². The number of ether oxygens (including phenoxy) is 2. The Kier molecular flexibility index (Phi) is 17.7. The van der Waals surface area contributed by atoms with Gasteiger partial charge in [0.25, 0.3) is 17.4 Å². The van der Waals surface area contributed by atoms with Crippen molar-refractivity contribution in [2.45, 2.75) is 94.9 Å². The number of halogens is 4. The first kappa shape index (κ1) is 59.6. The first-order valence-corrected chi connectivity index (χ1v) is 25.6. The van der Waals surface area contributed by atoms with Crippen LogP contribution in [-0.4, -0.2) is 165 Å². The zero-order valence-corrected chi connectivity index (χ0v) is 44.1. The van der Waals surface area contributed by atoms with Crippen molar-refractivity contribution in [2.24, 2.45) is 0 Å². The van der Waals surface area contributed by atoms with Crippen LogP contribution in [0.1, 0.15) is 64.8 Å². The number of fused-ring (bicyclic) bond motifs is 5. The summed E-state index contributed by atoms with van der Waals surface area (Å²) in [5, 5.41) is 46.0. The molecule has 0 saturated heterocycles. The van der Waals surface area contributed by atoms with Crippen molar-refractivity contribution in [2.75, 3.05) is 46.5 Å². The van der Waals surface area contributed by atoms with Gasteiger partial charge in [0.1, 0.15) is 37.5 Å². The van der Waals surface area contributed by atoms with Crippen molar-refractivity contribution < 1.29 is 85.5 Å². The molecule has 4 aromatic rings. The number of benzene rings is 2. The molecule has 25 nitrogen and oxygen atoms in total. The fourth-order valence-corrected chi connectivity index (χ4v) is 10.4. The van der Waals surface area contributed by atoms with Crippen molar-refractivity contribution in [1.29, 1.82) is 0 Å². The standard InChI is InChI=1S/C53H56F4N10O15/c1-4-52(80)30-15-35-45-28(22-66(35)49(77)29(30)23-81-51(52)79)44-34(11-10-27-25(2)31(54)16-32(64-45)43(27)44)65(3)50(78)46(53(55,56)57)82-24-62-38(69)19-60-47(75)33(14-26-8-6-5-7-9-26)63-39(70)20-59-37(68)18-61-48(76)36(17-58-21-42(73)74)67-40(71)12-13-41(67)72/h5-9,12-13,15-16,33-34,36,46,50,58,78,80H,4,10-11,14,17-24H2,1-3H3,(H,59,68)(H,60,75)(H,61,76)(H,62,69)(H,63,70)(H,73,74)/t33-,34-,36-,46-,50?,52-/m0/s1. The van der Waals surface area contributed by atoms with Gasteiger partial charge in [-0.05, 0) is 61.6 Å². The average molecular weight is 1150 g/mol. The van der Waals surface area contributed by atoms with Gasteiger partial charge >= 0.3 is 18.1 Å². The van der Waals surface area contributed by atoms with Crippen molar-refractivity contribution in [3.63, 3.8) is 0 Å². The molecule has 0 radical (unpaired) electrons. The number of nitrogens with one attached hydrogen (secondary N) is 6. The average Bonchev–Trinajstić information content (AvgIpc) is 2.07. The number of aliphatic carboxylic acids is 1. The summed E-state index contributed by atoms with van der Waals surface area (Å²) in [6.07, 6.45) is -9.01. The molecule has 9 N–H and O–H groups in total. The number of alkyl halides is 3. The molecule has 436 valence electrons. The van der Waals surface area contributed by atoms with Crippen LogP contribution in [0.15, 0.2) is 59.4 Å². The second-order valence-corrected chi connectivity index (χ2v) is 19.8. The predicted octanol–water partition coefficient (Wildman–Crippen LogP) is -1.17. The summed E-state index contributed by atoms with van der Waals surface area (Å²) in [5.41, 5.74) is -0.307. The summed E-state index contributed by atoms with van der Waals surface area (Å²) in [4.78, 5) is 134. The minimum Gasteiger partial charge on any atom is -0.480 e. The highest BCUT2D eigenvalue weighted by Crippen LogP contribution is 2.48. The first-order valence-electron chi connectivity index (χ1n) is 25.6. The lowest BCUT2D eigenvalue weighted by atomic mass is 9.81. The van der Waals surface area contributed by atoms with Gasteiger partial charge in [-0.3, -0.25) is 53.0 Å². The largest absolute Gasteiger partial charge is 0.480 e. The van der Waals surface area contributed by atoms with E-state index in [4.69, 9.17) is 19.6 Å². The number of pyridine rings is 2. The van der Waals surface area contributed by atoms with Gasteiger partial charge < -0.3 is 61.3 Å². The number of hydrogen-bond donors (Lipinski definition) is 9. The van der Waals surface area contributed by atoms with E-state index in [2.05, 4.69) is 31.9 Å². The molecule has 6 atom stereocenters. The smallest absolute Gasteiger partial charge is 0.418 e. The van der Waals surface area contributed by atoms with E-state index in [1.807, 2.05) is 0 Å². The van der Waals surface area contributed by atoms with E-state index in [0.717, 1.165) is 23.1 Å². The molecule has 3 aliphatic heterocycles. The number of cyclic esters (lactones) is 1. The topological polar surface area (TPSA) is 346 Å². The Morgan fingerprint density at radius 3 is 2.22 bits per heavy atom. The van der Waals surface area contributed by atoms with Crippen LogP contribution in [0.2, 0.25) is 0 Å². The van der Waals surface area contributed by atoms with E-state index in [9.17, 15) is 71.3 Å². The zero-order chi connectivity index (χ0) is 59.5.